The topological polar surface area (TPSA) is 32.3 Å². The molecule has 2 saturated heterocycles. The summed E-state index contributed by atoms with van der Waals surface area (Å²) in [6.07, 6.45) is 7.16. The predicted octanol–water partition coefficient (Wildman–Crippen LogP) is 2.17. The molecule has 1 N–H and O–H groups in total. The molecule has 0 aromatic rings. The van der Waals surface area contributed by atoms with Crippen molar-refractivity contribution < 1.29 is 4.79 Å². The molecule has 2 aliphatic rings. The Balaban J connectivity index is 1.83. The molecule has 3 heteroatoms. The maximum atomic E-state index is 12.4. The van der Waals surface area contributed by atoms with Crippen molar-refractivity contribution in [1.29, 1.82) is 0 Å². The molecule has 0 bridgehead atoms. The number of nitrogens with zero attached hydrogens (tertiary/aromatic N) is 1. The van der Waals surface area contributed by atoms with Crippen LogP contribution in [0.15, 0.2) is 0 Å². The summed E-state index contributed by atoms with van der Waals surface area (Å²) >= 11 is 0. The number of piperidine rings is 1. The van der Waals surface area contributed by atoms with Crippen LogP contribution in [0.5, 0.6) is 0 Å². The summed E-state index contributed by atoms with van der Waals surface area (Å²) < 4.78 is 0. The Kier molecular flexibility index (Phi) is 4.43. The molecule has 0 saturated carbocycles. The van der Waals surface area contributed by atoms with E-state index in [9.17, 15) is 4.79 Å². The van der Waals surface area contributed by atoms with Crippen molar-refractivity contribution in [2.45, 2.75) is 64.5 Å². The first-order valence-electron chi connectivity index (χ1n) is 7.25. The SMILES string of the molecule is CCCC1CCN(C(=O)C2CCCC(C)N2)C1. The van der Waals surface area contributed by atoms with Crippen LogP contribution in [0.4, 0.5) is 0 Å². The fraction of sp³-hybridized carbons (Fsp3) is 0.929. The van der Waals surface area contributed by atoms with E-state index in [0.717, 1.165) is 25.4 Å². The maximum absolute atomic E-state index is 12.4. The third-order valence-electron chi connectivity index (χ3n) is 4.21. The summed E-state index contributed by atoms with van der Waals surface area (Å²) in [7, 11) is 0. The van der Waals surface area contributed by atoms with Crippen LogP contribution >= 0.6 is 0 Å². The van der Waals surface area contributed by atoms with E-state index in [1.807, 2.05) is 0 Å². The first-order chi connectivity index (χ1) is 8.20. The first-order valence-corrected chi connectivity index (χ1v) is 7.25. The van der Waals surface area contributed by atoms with Crippen LogP contribution in [0, 0.1) is 5.92 Å². The summed E-state index contributed by atoms with van der Waals surface area (Å²) in [6, 6.07) is 0.603. The van der Waals surface area contributed by atoms with E-state index >= 15 is 0 Å². The molecule has 0 aliphatic carbocycles. The molecule has 17 heavy (non-hydrogen) atoms. The van der Waals surface area contributed by atoms with Gasteiger partial charge in [0.05, 0.1) is 6.04 Å². The summed E-state index contributed by atoms with van der Waals surface area (Å²) in [5.74, 6) is 1.11. The molecule has 2 aliphatic heterocycles. The van der Waals surface area contributed by atoms with Crippen LogP contribution in [0.1, 0.15) is 52.4 Å². The fourth-order valence-electron chi connectivity index (χ4n) is 3.23. The molecule has 0 aromatic carbocycles. The van der Waals surface area contributed by atoms with Crippen molar-refractivity contribution in [2.24, 2.45) is 5.92 Å². The smallest absolute Gasteiger partial charge is 0.239 e. The van der Waals surface area contributed by atoms with Crippen molar-refractivity contribution >= 4 is 5.91 Å². The second-order valence-corrected chi connectivity index (χ2v) is 5.78. The Morgan fingerprint density at radius 3 is 2.88 bits per heavy atom. The van der Waals surface area contributed by atoms with Gasteiger partial charge in [0.2, 0.25) is 5.91 Å². The van der Waals surface area contributed by atoms with Gasteiger partial charge < -0.3 is 10.2 Å². The number of nitrogens with one attached hydrogen (secondary N) is 1. The molecule has 2 fully saturated rings. The van der Waals surface area contributed by atoms with Crippen LogP contribution in [-0.4, -0.2) is 36.0 Å². The molecule has 0 spiro atoms. The maximum Gasteiger partial charge on any atom is 0.239 e. The zero-order chi connectivity index (χ0) is 12.3. The van der Waals surface area contributed by atoms with Gasteiger partial charge in [-0.05, 0) is 44.9 Å². The predicted molar refractivity (Wildman–Crippen MR) is 69.8 cm³/mol. The molecule has 98 valence electrons. The summed E-state index contributed by atoms with van der Waals surface area (Å²) in [5.41, 5.74) is 0. The number of hydrogen-bond donors (Lipinski definition) is 1. The Morgan fingerprint density at radius 2 is 2.18 bits per heavy atom. The fourth-order valence-corrected chi connectivity index (χ4v) is 3.23. The van der Waals surface area contributed by atoms with Gasteiger partial charge >= 0.3 is 0 Å². The lowest BCUT2D eigenvalue weighted by atomic mass is 9.98. The average Bonchev–Trinajstić information content (AvgIpc) is 2.77. The summed E-state index contributed by atoms with van der Waals surface area (Å²) in [4.78, 5) is 14.5. The van der Waals surface area contributed by atoms with E-state index < -0.39 is 0 Å². The number of hydrogen-bond acceptors (Lipinski definition) is 2. The lowest BCUT2D eigenvalue weighted by Crippen LogP contribution is -2.50. The van der Waals surface area contributed by atoms with Crippen LogP contribution in [0.25, 0.3) is 0 Å². The molecule has 0 radical (unpaired) electrons. The van der Waals surface area contributed by atoms with Gasteiger partial charge in [0.25, 0.3) is 0 Å². The highest BCUT2D eigenvalue weighted by Gasteiger charge is 2.32. The minimum absolute atomic E-state index is 0.0964. The standard InChI is InChI=1S/C14H26N2O/c1-3-5-12-8-9-16(10-12)14(17)13-7-4-6-11(2)15-13/h11-13,15H,3-10H2,1-2H3. The highest BCUT2D eigenvalue weighted by atomic mass is 16.2. The Hall–Kier alpha value is -0.570. The van der Waals surface area contributed by atoms with Crippen molar-refractivity contribution in [3.63, 3.8) is 0 Å². The van der Waals surface area contributed by atoms with Gasteiger partial charge in [-0.3, -0.25) is 4.79 Å². The van der Waals surface area contributed by atoms with Crippen molar-refractivity contribution in [2.75, 3.05) is 13.1 Å². The third kappa shape index (κ3) is 3.21. The molecule has 2 heterocycles. The van der Waals surface area contributed by atoms with E-state index in [-0.39, 0.29) is 6.04 Å². The van der Waals surface area contributed by atoms with Gasteiger partial charge in [-0.25, -0.2) is 0 Å². The second-order valence-electron chi connectivity index (χ2n) is 5.78. The zero-order valence-electron chi connectivity index (χ0n) is 11.2. The quantitative estimate of drug-likeness (QED) is 0.817. The summed E-state index contributed by atoms with van der Waals surface area (Å²) in [5, 5.41) is 3.45. The van der Waals surface area contributed by atoms with E-state index in [4.69, 9.17) is 0 Å². The number of rotatable bonds is 3. The number of likely N-dealkylation sites (tertiary alicyclic amines) is 1. The van der Waals surface area contributed by atoms with Gasteiger partial charge in [-0.1, -0.05) is 13.3 Å². The average molecular weight is 238 g/mol. The Bertz CT molecular complexity index is 267. The van der Waals surface area contributed by atoms with Crippen LogP contribution in [0.3, 0.4) is 0 Å². The van der Waals surface area contributed by atoms with Gasteiger partial charge in [-0.15, -0.1) is 0 Å². The Morgan fingerprint density at radius 1 is 1.35 bits per heavy atom. The molecular weight excluding hydrogens is 212 g/mol. The molecule has 3 unspecified atom stereocenters. The molecule has 3 atom stereocenters. The molecule has 3 nitrogen and oxygen atoms in total. The molecular formula is C14H26N2O. The minimum atomic E-state index is 0.0964. The van der Waals surface area contributed by atoms with E-state index in [1.165, 1.54) is 32.1 Å². The van der Waals surface area contributed by atoms with E-state index in [0.29, 0.717) is 11.9 Å². The van der Waals surface area contributed by atoms with Gasteiger partial charge in [0, 0.05) is 19.1 Å². The van der Waals surface area contributed by atoms with Gasteiger partial charge in [0.1, 0.15) is 0 Å². The zero-order valence-corrected chi connectivity index (χ0v) is 11.2. The molecule has 2 rings (SSSR count). The van der Waals surface area contributed by atoms with E-state index in [2.05, 4.69) is 24.1 Å². The normalized spacial score (nSPS) is 34.0. The van der Waals surface area contributed by atoms with Crippen LogP contribution < -0.4 is 5.32 Å². The van der Waals surface area contributed by atoms with Crippen LogP contribution in [-0.2, 0) is 4.79 Å². The first kappa shape index (κ1) is 12.9. The summed E-state index contributed by atoms with van der Waals surface area (Å²) in [6.45, 7) is 6.40. The van der Waals surface area contributed by atoms with Crippen LogP contribution in [0.2, 0.25) is 0 Å². The Labute approximate surface area is 105 Å². The van der Waals surface area contributed by atoms with Gasteiger partial charge in [-0.2, -0.15) is 0 Å². The van der Waals surface area contributed by atoms with E-state index in [1.54, 1.807) is 0 Å². The van der Waals surface area contributed by atoms with Crippen molar-refractivity contribution in [1.82, 2.24) is 10.2 Å². The largest absolute Gasteiger partial charge is 0.341 e. The minimum Gasteiger partial charge on any atom is -0.341 e. The highest BCUT2D eigenvalue weighted by molar-refractivity contribution is 5.82. The monoisotopic (exact) mass is 238 g/mol. The number of amides is 1. The van der Waals surface area contributed by atoms with Crippen molar-refractivity contribution in [3.8, 4) is 0 Å². The molecule has 1 amide bonds. The van der Waals surface area contributed by atoms with Crippen molar-refractivity contribution in [3.05, 3.63) is 0 Å². The number of carbonyl (C=O) groups excluding carboxylic acids is 1. The second kappa shape index (κ2) is 5.85. The number of carbonyl (C=O) groups is 1. The third-order valence-corrected chi connectivity index (χ3v) is 4.21. The lowest BCUT2D eigenvalue weighted by molar-refractivity contribution is -0.133. The molecule has 0 aromatic heterocycles. The lowest BCUT2D eigenvalue weighted by Gasteiger charge is -2.31. The van der Waals surface area contributed by atoms with Gasteiger partial charge in [0.15, 0.2) is 0 Å². The highest BCUT2D eigenvalue weighted by Crippen LogP contribution is 2.23.